The summed E-state index contributed by atoms with van der Waals surface area (Å²) in [7, 11) is 0. The Morgan fingerprint density at radius 2 is 1.71 bits per heavy atom. The first kappa shape index (κ1) is 20.6. The second-order valence-corrected chi connectivity index (χ2v) is 8.08. The highest BCUT2D eigenvalue weighted by Crippen LogP contribution is 2.39. The van der Waals surface area contributed by atoms with E-state index < -0.39 is 0 Å². The summed E-state index contributed by atoms with van der Waals surface area (Å²) in [6.07, 6.45) is 4.29. The van der Waals surface area contributed by atoms with E-state index in [1.165, 1.54) is 12.8 Å². The lowest BCUT2D eigenvalue weighted by Gasteiger charge is -2.40. The largest absolute Gasteiger partial charge is 0.508 e. The summed E-state index contributed by atoms with van der Waals surface area (Å²) in [4.78, 5) is 25.4. The summed E-state index contributed by atoms with van der Waals surface area (Å²) < 4.78 is 0. The molecule has 0 bridgehead atoms. The number of aliphatic hydroxyl groups is 1. The highest BCUT2D eigenvalue weighted by molar-refractivity contribution is 5.79. The van der Waals surface area contributed by atoms with Crippen LogP contribution >= 0.6 is 0 Å². The van der Waals surface area contributed by atoms with Gasteiger partial charge in [-0.1, -0.05) is 18.2 Å². The van der Waals surface area contributed by atoms with Crippen molar-refractivity contribution in [2.75, 3.05) is 26.2 Å². The lowest BCUT2D eigenvalue weighted by atomic mass is 9.77. The molecule has 2 aliphatic heterocycles. The van der Waals surface area contributed by atoms with Crippen LogP contribution in [0.15, 0.2) is 24.3 Å². The summed E-state index contributed by atoms with van der Waals surface area (Å²) in [5, 5.41) is 27.4. The molecule has 0 radical (unpaired) electrons. The van der Waals surface area contributed by atoms with Gasteiger partial charge in [0, 0.05) is 24.7 Å². The van der Waals surface area contributed by atoms with Gasteiger partial charge in [-0.3, -0.25) is 14.5 Å². The molecule has 0 aromatic heterocycles. The van der Waals surface area contributed by atoms with Gasteiger partial charge in [-0.25, -0.2) is 0 Å². The Morgan fingerprint density at radius 1 is 1.11 bits per heavy atom. The molecule has 2 saturated heterocycles. The SMILES string of the molecule is O=C(Cc1ccccc1O)N1C[C@H]2C[C@@H](N3CCCC3)[C@H](O)C[C@H]2C1.O=CO. The summed E-state index contributed by atoms with van der Waals surface area (Å²) in [6, 6.07) is 7.33. The molecule has 1 aromatic rings. The lowest BCUT2D eigenvalue weighted by molar-refractivity contribution is -0.129. The Kier molecular flexibility index (Phi) is 6.91. The first-order chi connectivity index (χ1) is 13.5. The number of aliphatic hydroxyl groups excluding tert-OH is 1. The second kappa shape index (κ2) is 9.39. The molecule has 0 unspecified atom stereocenters. The maximum Gasteiger partial charge on any atom is 0.290 e. The van der Waals surface area contributed by atoms with Gasteiger partial charge in [0.15, 0.2) is 0 Å². The molecule has 28 heavy (non-hydrogen) atoms. The number of rotatable bonds is 3. The van der Waals surface area contributed by atoms with Crippen molar-refractivity contribution in [1.82, 2.24) is 9.80 Å². The van der Waals surface area contributed by atoms with Crippen molar-refractivity contribution in [2.45, 2.75) is 44.2 Å². The molecule has 0 spiro atoms. The van der Waals surface area contributed by atoms with Crippen LogP contribution in [0, 0.1) is 11.8 Å². The molecule has 4 atom stereocenters. The third kappa shape index (κ3) is 4.64. The number of phenols is 1. The van der Waals surface area contributed by atoms with Crippen molar-refractivity contribution in [3.63, 3.8) is 0 Å². The molecule has 1 saturated carbocycles. The number of benzene rings is 1. The molecule has 1 amide bonds. The predicted octanol–water partition coefficient (Wildman–Crippen LogP) is 1.33. The number of para-hydroxylation sites is 1. The van der Waals surface area contributed by atoms with Crippen LogP contribution in [-0.4, -0.2) is 75.8 Å². The van der Waals surface area contributed by atoms with Gasteiger partial charge in [0.05, 0.1) is 12.5 Å². The number of carbonyl (C=O) groups excluding carboxylic acids is 1. The Balaban J connectivity index is 0.000000706. The number of phenolic OH excluding ortho intramolecular Hbond substituents is 1. The molecular weight excluding hydrogens is 360 g/mol. The minimum Gasteiger partial charge on any atom is -0.508 e. The van der Waals surface area contributed by atoms with Crippen molar-refractivity contribution < 1.29 is 24.9 Å². The normalized spacial score (nSPS) is 29.7. The maximum absolute atomic E-state index is 12.7. The van der Waals surface area contributed by atoms with Crippen LogP contribution in [0.25, 0.3) is 0 Å². The monoisotopic (exact) mass is 390 g/mol. The van der Waals surface area contributed by atoms with E-state index in [-0.39, 0.29) is 36.7 Å². The fourth-order valence-corrected chi connectivity index (χ4v) is 5.01. The molecule has 7 nitrogen and oxygen atoms in total. The standard InChI is InChI=1S/C20H28N2O3.CH2O2/c23-18-6-2-1-5-14(18)11-20(25)22-12-15-9-17(21-7-3-4-8-21)19(24)10-16(15)13-22;2-1-3/h1-2,5-6,15-17,19,23-24H,3-4,7-13H2;1H,(H,2,3)/t15-,16+,17-,19-;/m1./s1. The van der Waals surface area contributed by atoms with Gasteiger partial charge < -0.3 is 20.2 Å². The topological polar surface area (TPSA) is 101 Å². The maximum atomic E-state index is 12.7. The first-order valence-corrected chi connectivity index (χ1v) is 10.1. The Labute approximate surface area is 165 Å². The van der Waals surface area contributed by atoms with E-state index in [0.29, 0.717) is 17.4 Å². The molecule has 7 heteroatoms. The number of fused-ring (bicyclic) bond motifs is 1. The number of hydrogen-bond donors (Lipinski definition) is 3. The van der Waals surface area contributed by atoms with Crippen molar-refractivity contribution in [3.8, 4) is 5.75 Å². The van der Waals surface area contributed by atoms with Gasteiger partial charge in [0.25, 0.3) is 6.47 Å². The van der Waals surface area contributed by atoms with Gasteiger partial charge in [-0.2, -0.15) is 0 Å². The number of aromatic hydroxyl groups is 1. The van der Waals surface area contributed by atoms with E-state index in [1.54, 1.807) is 12.1 Å². The number of amides is 1. The molecule has 3 aliphatic rings. The zero-order valence-corrected chi connectivity index (χ0v) is 16.1. The number of carbonyl (C=O) groups is 2. The van der Waals surface area contributed by atoms with Crippen LogP contribution in [0.3, 0.4) is 0 Å². The lowest BCUT2D eigenvalue weighted by Crippen LogP contribution is -2.48. The van der Waals surface area contributed by atoms with Gasteiger partial charge in [0.1, 0.15) is 5.75 Å². The van der Waals surface area contributed by atoms with Crippen LogP contribution in [0.5, 0.6) is 5.75 Å². The fraction of sp³-hybridized carbons (Fsp3) is 0.619. The van der Waals surface area contributed by atoms with Crippen LogP contribution in [0.1, 0.15) is 31.2 Å². The number of carboxylic acid groups (broad SMARTS) is 1. The Morgan fingerprint density at radius 3 is 2.36 bits per heavy atom. The molecule has 154 valence electrons. The van der Waals surface area contributed by atoms with E-state index in [2.05, 4.69) is 4.90 Å². The molecule has 4 rings (SSSR count). The zero-order valence-electron chi connectivity index (χ0n) is 16.1. The summed E-state index contributed by atoms with van der Waals surface area (Å²) >= 11 is 0. The fourth-order valence-electron chi connectivity index (χ4n) is 5.01. The molecular formula is C21H30N2O5. The van der Waals surface area contributed by atoms with Crippen molar-refractivity contribution in [3.05, 3.63) is 29.8 Å². The molecule has 3 fully saturated rings. The number of nitrogens with zero attached hydrogens (tertiary/aromatic N) is 2. The van der Waals surface area contributed by atoms with Gasteiger partial charge >= 0.3 is 0 Å². The molecule has 2 heterocycles. The third-order valence-electron chi connectivity index (χ3n) is 6.40. The van der Waals surface area contributed by atoms with Crippen LogP contribution < -0.4 is 0 Å². The van der Waals surface area contributed by atoms with Crippen LogP contribution in [0.4, 0.5) is 0 Å². The quantitative estimate of drug-likeness (QED) is 0.673. The van der Waals surface area contributed by atoms with Gasteiger partial charge in [-0.15, -0.1) is 0 Å². The van der Waals surface area contributed by atoms with Gasteiger partial charge in [-0.05, 0) is 56.7 Å². The third-order valence-corrected chi connectivity index (χ3v) is 6.40. The van der Waals surface area contributed by atoms with E-state index in [1.807, 2.05) is 17.0 Å². The number of likely N-dealkylation sites (tertiary alicyclic amines) is 2. The van der Waals surface area contributed by atoms with Crippen LogP contribution in [0.2, 0.25) is 0 Å². The van der Waals surface area contributed by atoms with E-state index in [4.69, 9.17) is 9.90 Å². The smallest absolute Gasteiger partial charge is 0.290 e. The van der Waals surface area contributed by atoms with Crippen molar-refractivity contribution >= 4 is 12.4 Å². The zero-order chi connectivity index (χ0) is 20.1. The van der Waals surface area contributed by atoms with Crippen LogP contribution in [-0.2, 0) is 16.0 Å². The molecule has 1 aliphatic carbocycles. The molecule has 3 N–H and O–H groups in total. The summed E-state index contributed by atoms with van der Waals surface area (Å²) in [5.74, 6) is 1.20. The van der Waals surface area contributed by atoms with E-state index >= 15 is 0 Å². The Hall–Kier alpha value is -2.12. The summed E-state index contributed by atoms with van der Waals surface area (Å²) in [6.45, 7) is 3.51. The highest BCUT2D eigenvalue weighted by Gasteiger charge is 2.44. The second-order valence-electron chi connectivity index (χ2n) is 8.08. The average Bonchev–Trinajstić information content (AvgIpc) is 3.33. The van der Waals surface area contributed by atoms with E-state index in [9.17, 15) is 15.0 Å². The summed E-state index contributed by atoms with van der Waals surface area (Å²) in [5.41, 5.74) is 0.692. The van der Waals surface area contributed by atoms with E-state index in [0.717, 1.165) is 39.0 Å². The van der Waals surface area contributed by atoms with Crippen molar-refractivity contribution in [2.24, 2.45) is 11.8 Å². The average molecular weight is 390 g/mol. The minimum absolute atomic E-state index is 0.0862. The first-order valence-electron chi connectivity index (χ1n) is 10.1. The molecule has 1 aromatic carbocycles. The van der Waals surface area contributed by atoms with Crippen molar-refractivity contribution in [1.29, 1.82) is 0 Å². The number of hydrogen-bond acceptors (Lipinski definition) is 5. The van der Waals surface area contributed by atoms with Gasteiger partial charge in [0.2, 0.25) is 5.91 Å². The highest BCUT2D eigenvalue weighted by atomic mass is 16.3. The minimum atomic E-state index is -0.257. The Bertz CT molecular complexity index is 677. The predicted molar refractivity (Wildman–Crippen MR) is 104 cm³/mol.